The first-order valence-electron chi connectivity index (χ1n) is 6.62. The Morgan fingerprint density at radius 2 is 2.14 bits per heavy atom. The summed E-state index contributed by atoms with van der Waals surface area (Å²) in [4.78, 5) is 12.7. The summed E-state index contributed by atoms with van der Waals surface area (Å²) in [6, 6.07) is 8.34. The highest BCUT2D eigenvalue weighted by Gasteiger charge is 2.12. The number of urea groups is 1. The molecule has 22 heavy (non-hydrogen) atoms. The molecule has 0 radical (unpaired) electrons. The van der Waals surface area contributed by atoms with Crippen LogP contribution in [-0.2, 0) is 0 Å². The van der Waals surface area contributed by atoms with E-state index in [9.17, 15) is 9.90 Å². The van der Waals surface area contributed by atoms with Crippen LogP contribution in [0.4, 0.5) is 10.5 Å². The molecule has 0 spiro atoms. The van der Waals surface area contributed by atoms with E-state index in [-0.39, 0.29) is 6.54 Å². The standard InChI is InChI=1S/C15H18N2O4S/c1-20-10-5-6-11(13(8-10)21-2)17-15(19)16-9-12(18)14-4-3-7-22-14/h3-8,12,18H,9H2,1-2H3,(H2,16,17,19). The van der Waals surface area contributed by atoms with Gasteiger partial charge in [0.05, 0.1) is 26.5 Å². The Hall–Kier alpha value is -2.25. The highest BCUT2D eigenvalue weighted by atomic mass is 32.1. The van der Waals surface area contributed by atoms with Gasteiger partial charge in [-0.15, -0.1) is 11.3 Å². The summed E-state index contributed by atoms with van der Waals surface area (Å²) in [7, 11) is 3.07. The largest absolute Gasteiger partial charge is 0.497 e. The molecule has 6 nitrogen and oxygen atoms in total. The molecule has 2 rings (SSSR count). The number of thiophene rings is 1. The molecule has 3 N–H and O–H groups in total. The van der Waals surface area contributed by atoms with Crippen LogP contribution in [0.5, 0.6) is 11.5 Å². The molecule has 0 aliphatic rings. The van der Waals surface area contributed by atoms with Gasteiger partial charge in [0, 0.05) is 10.9 Å². The fourth-order valence-electron chi connectivity index (χ4n) is 1.84. The van der Waals surface area contributed by atoms with Crippen molar-refractivity contribution in [3.8, 4) is 11.5 Å². The first-order valence-corrected chi connectivity index (χ1v) is 7.50. The van der Waals surface area contributed by atoms with Crippen LogP contribution < -0.4 is 20.1 Å². The molecule has 118 valence electrons. The minimum Gasteiger partial charge on any atom is -0.497 e. The number of nitrogens with one attached hydrogen (secondary N) is 2. The van der Waals surface area contributed by atoms with Crippen LogP contribution >= 0.6 is 11.3 Å². The number of amides is 2. The molecule has 2 amide bonds. The summed E-state index contributed by atoms with van der Waals surface area (Å²) in [6.45, 7) is 0.130. The molecule has 7 heteroatoms. The number of carbonyl (C=O) groups excluding carboxylic acids is 1. The SMILES string of the molecule is COc1ccc(NC(=O)NCC(O)c2cccs2)c(OC)c1. The number of hydrogen-bond donors (Lipinski definition) is 3. The zero-order valence-corrected chi connectivity index (χ0v) is 13.1. The van der Waals surface area contributed by atoms with Gasteiger partial charge in [-0.1, -0.05) is 6.07 Å². The number of ether oxygens (including phenoxy) is 2. The molecule has 1 aromatic carbocycles. The number of anilines is 1. The van der Waals surface area contributed by atoms with Crippen molar-refractivity contribution in [1.82, 2.24) is 5.32 Å². The third-order valence-corrected chi connectivity index (χ3v) is 3.96. The smallest absolute Gasteiger partial charge is 0.319 e. The zero-order valence-electron chi connectivity index (χ0n) is 12.3. The maximum absolute atomic E-state index is 11.9. The summed E-state index contributed by atoms with van der Waals surface area (Å²) in [5.74, 6) is 1.13. The molecule has 0 saturated heterocycles. The van der Waals surface area contributed by atoms with E-state index in [0.29, 0.717) is 17.2 Å². The number of methoxy groups -OCH3 is 2. The molecular weight excluding hydrogens is 304 g/mol. The van der Waals surface area contributed by atoms with E-state index in [1.165, 1.54) is 18.4 Å². The fraction of sp³-hybridized carbons (Fsp3) is 0.267. The van der Waals surface area contributed by atoms with Gasteiger partial charge in [0.15, 0.2) is 0 Å². The van der Waals surface area contributed by atoms with Gasteiger partial charge in [0.2, 0.25) is 0 Å². The monoisotopic (exact) mass is 322 g/mol. The second kappa shape index (κ2) is 7.67. The lowest BCUT2D eigenvalue weighted by Gasteiger charge is -2.14. The van der Waals surface area contributed by atoms with Crippen molar-refractivity contribution in [3.63, 3.8) is 0 Å². The van der Waals surface area contributed by atoms with E-state index in [1.54, 1.807) is 25.3 Å². The maximum atomic E-state index is 11.9. The van der Waals surface area contributed by atoms with Gasteiger partial charge in [-0.2, -0.15) is 0 Å². The fourth-order valence-corrected chi connectivity index (χ4v) is 2.55. The molecule has 1 atom stereocenters. The molecule has 1 aromatic heterocycles. The normalized spacial score (nSPS) is 11.6. The molecule has 0 aliphatic heterocycles. The van der Waals surface area contributed by atoms with E-state index in [4.69, 9.17) is 9.47 Å². The van der Waals surface area contributed by atoms with Crippen LogP contribution in [0.3, 0.4) is 0 Å². The average molecular weight is 322 g/mol. The van der Waals surface area contributed by atoms with E-state index < -0.39 is 12.1 Å². The Labute approximate surface area is 132 Å². The maximum Gasteiger partial charge on any atom is 0.319 e. The van der Waals surface area contributed by atoms with Crippen molar-refractivity contribution >= 4 is 23.1 Å². The zero-order chi connectivity index (χ0) is 15.9. The Morgan fingerprint density at radius 1 is 1.32 bits per heavy atom. The third kappa shape index (κ3) is 4.12. The Morgan fingerprint density at radius 3 is 2.77 bits per heavy atom. The Bertz CT molecular complexity index is 616. The lowest BCUT2D eigenvalue weighted by molar-refractivity contribution is 0.178. The average Bonchev–Trinajstić information content (AvgIpc) is 3.07. The van der Waals surface area contributed by atoms with Crippen LogP contribution in [0, 0.1) is 0 Å². The van der Waals surface area contributed by atoms with Gasteiger partial charge in [-0.3, -0.25) is 0 Å². The van der Waals surface area contributed by atoms with Crippen LogP contribution in [0.25, 0.3) is 0 Å². The van der Waals surface area contributed by atoms with Crippen molar-refractivity contribution < 1.29 is 19.4 Å². The number of aliphatic hydroxyl groups is 1. The Kier molecular flexibility index (Phi) is 5.62. The summed E-state index contributed by atoms with van der Waals surface area (Å²) < 4.78 is 10.3. The quantitative estimate of drug-likeness (QED) is 0.764. The molecule has 0 fully saturated rings. The number of hydrogen-bond acceptors (Lipinski definition) is 5. The van der Waals surface area contributed by atoms with E-state index in [0.717, 1.165) is 4.88 Å². The van der Waals surface area contributed by atoms with Gasteiger partial charge in [-0.05, 0) is 23.6 Å². The summed E-state index contributed by atoms with van der Waals surface area (Å²) >= 11 is 1.44. The predicted octanol–water partition coefficient (Wildman–Crippen LogP) is 2.62. The molecule has 0 saturated carbocycles. The van der Waals surface area contributed by atoms with Crippen molar-refractivity contribution in [1.29, 1.82) is 0 Å². The first kappa shape index (κ1) is 16.1. The summed E-state index contributed by atoms with van der Waals surface area (Å²) in [5, 5.41) is 17.1. The Balaban J connectivity index is 1.92. The van der Waals surface area contributed by atoms with Crippen LogP contribution in [0.15, 0.2) is 35.7 Å². The van der Waals surface area contributed by atoms with E-state index in [1.807, 2.05) is 17.5 Å². The molecule has 0 aliphatic carbocycles. The predicted molar refractivity (Wildman–Crippen MR) is 85.8 cm³/mol. The second-order valence-electron chi connectivity index (χ2n) is 4.43. The van der Waals surface area contributed by atoms with Gasteiger partial charge in [0.1, 0.15) is 17.6 Å². The van der Waals surface area contributed by atoms with Gasteiger partial charge < -0.3 is 25.2 Å². The highest BCUT2D eigenvalue weighted by molar-refractivity contribution is 7.10. The summed E-state index contributed by atoms with van der Waals surface area (Å²) in [5.41, 5.74) is 0.520. The summed E-state index contributed by atoms with van der Waals surface area (Å²) in [6.07, 6.45) is -0.719. The molecule has 1 heterocycles. The topological polar surface area (TPSA) is 79.8 Å². The number of rotatable bonds is 6. The van der Waals surface area contributed by atoms with Crippen molar-refractivity contribution in [3.05, 3.63) is 40.6 Å². The van der Waals surface area contributed by atoms with Crippen molar-refractivity contribution in [2.75, 3.05) is 26.1 Å². The second-order valence-corrected chi connectivity index (χ2v) is 5.41. The first-order chi connectivity index (χ1) is 10.6. The molecular formula is C15H18N2O4S. The van der Waals surface area contributed by atoms with Crippen LogP contribution in [0.1, 0.15) is 11.0 Å². The van der Waals surface area contributed by atoms with Gasteiger partial charge in [-0.25, -0.2) is 4.79 Å². The third-order valence-electron chi connectivity index (χ3n) is 2.98. The van der Waals surface area contributed by atoms with Gasteiger partial charge >= 0.3 is 6.03 Å². The highest BCUT2D eigenvalue weighted by Crippen LogP contribution is 2.28. The van der Waals surface area contributed by atoms with E-state index in [2.05, 4.69) is 10.6 Å². The van der Waals surface area contributed by atoms with Crippen LogP contribution in [-0.4, -0.2) is 31.9 Å². The van der Waals surface area contributed by atoms with Crippen molar-refractivity contribution in [2.45, 2.75) is 6.10 Å². The molecule has 0 bridgehead atoms. The number of benzene rings is 1. The number of aliphatic hydroxyl groups excluding tert-OH is 1. The van der Waals surface area contributed by atoms with E-state index >= 15 is 0 Å². The molecule has 1 unspecified atom stereocenters. The number of carbonyl (C=O) groups is 1. The lowest BCUT2D eigenvalue weighted by Crippen LogP contribution is -2.32. The van der Waals surface area contributed by atoms with Gasteiger partial charge in [0.25, 0.3) is 0 Å². The lowest BCUT2D eigenvalue weighted by atomic mass is 10.2. The van der Waals surface area contributed by atoms with Crippen LogP contribution in [0.2, 0.25) is 0 Å². The minimum absolute atomic E-state index is 0.130. The minimum atomic E-state index is -0.719. The molecule has 2 aromatic rings. The van der Waals surface area contributed by atoms with Crippen molar-refractivity contribution in [2.24, 2.45) is 0 Å².